The average Bonchev–Trinajstić information content (AvgIpc) is 3.36. The molecule has 0 radical (unpaired) electrons. The van der Waals surface area contributed by atoms with E-state index in [0.717, 1.165) is 37.1 Å². The Morgan fingerprint density at radius 3 is 2.83 bits per heavy atom. The molecule has 1 aromatic rings. The molecule has 3 heterocycles. The molecule has 1 unspecified atom stereocenters. The normalized spacial score (nSPS) is 27.1. The third-order valence-electron chi connectivity index (χ3n) is 5.10. The third kappa shape index (κ3) is 3.22. The van der Waals surface area contributed by atoms with Crippen LogP contribution < -0.4 is 0 Å². The molecule has 1 saturated carbocycles. The molecule has 132 valence electrons. The Kier molecular flexibility index (Phi) is 4.15. The first-order valence-electron chi connectivity index (χ1n) is 8.64. The minimum atomic E-state index is -3.08. The van der Waals surface area contributed by atoms with Crippen LogP contribution in [-0.2, 0) is 26.1 Å². The van der Waals surface area contributed by atoms with Crippen LogP contribution in [0.3, 0.4) is 0 Å². The van der Waals surface area contributed by atoms with Gasteiger partial charge in [0.1, 0.15) is 0 Å². The van der Waals surface area contributed by atoms with Gasteiger partial charge in [-0.05, 0) is 38.3 Å². The topological polar surface area (TPSA) is 68.7 Å². The Bertz CT molecular complexity index is 711. The van der Waals surface area contributed by atoms with E-state index in [1.165, 1.54) is 0 Å². The molecule has 2 aliphatic heterocycles. The summed E-state index contributed by atoms with van der Waals surface area (Å²) in [7, 11) is -3.08. The van der Waals surface area contributed by atoms with Crippen molar-refractivity contribution in [2.24, 2.45) is 0 Å². The summed E-state index contributed by atoms with van der Waals surface area (Å²) >= 11 is 0. The number of hydrogen-bond acceptors (Lipinski definition) is 5. The second-order valence-corrected chi connectivity index (χ2v) is 9.45. The maximum Gasteiger partial charge on any atom is 0.217 e. The van der Waals surface area contributed by atoms with E-state index in [1.54, 1.807) is 4.31 Å². The monoisotopic (exact) mass is 352 g/mol. The number of ether oxygens (including phenoxy) is 2. The molecule has 6 nitrogen and oxygen atoms in total. The van der Waals surface area contributed by atoms with E-state index in [9.17, 15) is 8.42 Å². The van der Waals surface area contributed by atoms with Crippen molar-refractivity contribution in [2.45, 2.75) is 56.2 Å². The molecule has 0 bridgehead atoms. The molecular formula is C17H24N2O4S. The van der Waals surface area contributed by atoms with E-state index in [-0.39, 0.29) is 17.0 Å². The van der Waals surface area contributed by atoms with E-state index in [0.29, 0.717) is 26.3 Å². The quantitative estimate of drug-likeness (QED) is 0.806. The lowest BCUT2D eigenvalue weighted by atomic mass is 9.86. The van der Waals surface area contributed by atoms with Crippen LogP contribution in [0.15, 0.2) is 18.2 Å². The van der Waals surface area contributed by atoms with Crippen molar-refractivity contribution >= 4 is 10.0 Å². The fourth-order valence-electron chi connectivity index (χ4n) is 3.58. The molecular weight excluding hydrogens is 328 g/mol. The smallest absolute Gasteiger partial charge is 0.217 e. The van der Waals surface area contributed by atoms with Crippen LogP contribution in [0, 0.1) is 6.92 Å². The van der Waals surface area contributed by atoms with E-state index < -0.39 is 10.0 Å². The molecule has 1 aliphatic carbocycles. The highest BCUT2D eigenvalue weighted by Gasteiger charge is 2.54. The van der Waals surface area contributed by atoms with Gasteiger partial charge in [0.05, 0.1) is 29.3 Å². The minimum absolute atomic E-state index is 0.104. The van der Waals surface area contributed by atoms with Gasteiger partial charge in [-0.2, -0.15) is 4.31 Å². The van der Waals surface area contributed by atoms with Gasteiger partial charge in [-0.25, -0.2) is 8.42 Å². The highest BCUT2D eigenvalue weighted by atomic mass is 32.2. The van der Waals surface area contributed by atoms with Crippen molar-refractivity contribution in [2.75, 3.05) is 19.7 Å². The largest absolute Gasteiger partial charge is 0.372 e. The summed E-state index contributed by atoms with van der Waals surface area (Å²) in [6.07, 6.45) is 3.33. The number of rotatable bonds is 5. The molecule has 1 spiro atoms. The molecule has 1 atom stereocenters. The Morgan fingerprint density at radius 1 is 1.33 bits per heavy atom. The zero-order valence-corrected chi connectivity index (χ0v) is 14.8. The van der Waals surface area contributed by atoms with Gasteiger partial charge in [0.15, 0.2) is 0 Å². The molecule has 2 saturated heterocycles. The molecule has 0 N–H and O–H groups in total. The summed E-state index contributed by atoms with van der Waals surface area (Å²) in [4.78, 5) is 4.45. The van der Waals surface area contributed by atoms with Crippen LogP contribution in [0.2, 0.25) is 0 Å². The third-order valence-corrected chi connectivity index (χ3v) is 7.39. The lowest BCUT2D eigenvalue weighted by Gasteiger charge is -2.52. The van der Waals surface area contributed by atoms with Gasteiger partial charge in [-0.1, -0.05) is 6.07 Å². The van der Waals surface area contributed by atoms with Crippen LogP contribution in [0.4, 0.5) is 0 Å². The fraction of sp³-hybridized carbons (Fsp3) is 0.706. The number of hydrogen-bond donors (Lipinski definition) is 0. The zero-order chi connectivity index (χ0) is 16.8. The van der Waals surface area contributed by atoms with Crippen molar-refractivity contribution in [3.63, 3.8) is 0 Å². The predicted molar refractivity (Wildman–Crippen MR) is 89.0 cm³/mol. The first-order valence-corrected chi connectivity index (χ1v) is 10.1. The van der Waals surface area contributed by atoms with Gasteiger partial charge in [-0.15, -0.1) is 0 Å². The molecule has 3 aliphatic rings. The first kappa shape index (κ1) is 16.4. The number of pyridine rings is 1. The summed E-state index contributed by atoms with van der Waals surface area (Å²) in [6.45, 7) is 4.05. The van der Waals surface area contributed by atoms with Crippen molar-refractivity contribution in [1.82, 2.24) is 9.29 Å². The minimum Gasteiger partial charge on any atom is -0.372 e. The van der Waals surface area contributed by atoms with Crippen LogP contribution >= 0.6 is 0 Å². The van der Waals surface area contributed by atoms with Crippen molar-refractivity contribution < 1.29 is 17.9 Å². The lowest BCUT2D eigenvalue weighted by molar-refractivity contribution is -0.180. The zero-order valence-electron chi connectivity index (χ0n) is 14.0. The highest BCUT2D eigenvalue weighted by molar-refractivity contribution is 7.90. The van der Waals surface area contributed by atoms with E-state index in [2.05, 4.69) is 4.98 Å². The van der Waals surface area contributed by atoms with Gasteiger partial charge >= 0.3 is 0 Å². The molecule has 7 heteroatoms. The van der Waals surface area contributed by atoms with E-state index in [1.807, 2.05) is 25.1 Å². The summed E-state index contributed by atoms with van der Waals surface area (Å²) in [5.74, 6) is 0. The standard InChI is InChI=1S/C17H24N2O4S/c1-13-3-2-4-14(18-13)10-22-15-7-8-23-17(9-15)11-19(12-17)24(20,21)16-5-6-16/h2-4,15-16H,5-12H2,1H3. The van der Waals surface area contributed by atoms with Gasteiger partial charge < -0.3 is 9.47 Å². The number of aromatic nitrogens is 1. The van der Waals surface area contributed by atoms with Crippen LogP contribution in [0.1, 0.15) is 37.1 Å². The number of nitrogens with zero attached hydrogens (tertiary/aromatic N) is 2. The Hall–Kier alpha value is -1.02. The van der Waals surface area contributed by atoms with Crippen LogP contribution in [0.25, 0.3) is 0 Å². The van der Waals surface area contributed by atoms with Crippen molar-refractivity contribution in [1.29, 1.82) is 0 Å². The molecule has 0 aromatic carbocycles. The van der Waals surface area contributed by atoms with Gasteiger partial charge in [0, 0.05) is 31.8 Å². The average molecular weight is 352 g/mol. The molecule has 3 fully saturated rings. The molecule has 0 amide bonds. The second kappa shape index (κ2) is 6.05. The van der Waals surface area contributed by atoms with Crippen LogP contribution in [0.5, 0.6) is 0 Å². The Labute approximate surface area is 143 Å². The SMILES string of the molecule is Cc1cccc(COC2CCOC3(C2)CN(S(=O)(=O)C2CC2)C3)n1. The van der Waals surface area contributed by atoms with Gasteiger partial charge in [0.25, 0.3) is 0 Å². The molecule has 24 heavy (non-hydrogen) atoms. The molecule has 4 rings (SSSR count). The summed E-state index contributed by atoms with van der Waals surface area (Å²) in [6, 6.07) is 5.92. The molecule has 1 aromatic heterocycles. The Balaban J connectivity index is 1.32. The van der Waals surface area contributed by atoms with E-state index in [4.69, 9.17) is 9.47 Å². The highest BCUT2D eigenvalue weighted by Crippen LogP contribution is 2.41. The summed E-state index contributed by atoms with van der Waals surface area (Å²) < 4.78 is 38.1. The number of sulfonamides is 1. The fourth-order valence-corrected chi connectivity index (χ4v) is 5.57. The first-order chi connectivity index (χ1) is 11.5. The van der Waals surface area contributed by atoms with Gasteiger partial charge in [-0.3, -0.25) is 4.98 Å². The van der Waals surface area contributed by atoms with Gasteiger partial charge in [0.2, 0.25) is 10.0 Å². The Morgan fingerprint density at radius 2 is 2.12 bits per heavy atom. The summed E-state index contributed by atoms with van der Waals surface area (Å²) in [5.41, 5.74) is 1.58. The predicted octanol–water partition coefficient (Wildman–Crippen LogP) is 1.63. The number of aryl methyl sites for hydroxylation is 1. The maximum atomic E-state index is 12.3. The van der Waals surface area contributed by atoms with E-state index >= 15 is 0 Å². The summed E-state index contributed by atoms with van der Waals surface area (Å²) in [5, 5.41) is -0.141. The van der Waals surface area contributed by atoms with Crippen molar-refractivity contribution in [3.8, 4) is 0 Å². The maximum absolute atomic E-state index is 12.3. The second-order valence-electron chi connectivity index (χ2n) is 7.24. The lowest BCUT2D eigenvalue weighted by Crippen LogP contribution is -2.67. The van der Waals surface area contributed by atoms with Crippen LogP contribution in [-0.4, -0.2) is 54.4 Å². The van der Waals surface area contributed by atoms with Crippen molar-refractivity contribution in [3.05, 3.63) is 29.6 Å².